The number of nitrogens with zero attached hydrogens (tertiary/aromatic N) is 4. The average Bonchev–Trinajstić information content (AvgIpc) is 2.88. The number of hydrogen-bond acceptors (Lipinski definition) is 4. The van der Waals surface area contributed by atoms with Gasteiger partial charge in [0.1, 0.15) is 0 Å². The first-order valence-corrected chi connectivity index (χ1v) is 9.84. The molecule has 4 heteroatoms. The largest absolute Gasteiger partial charge is 0.368 e. The molecule has 1 aromatic heterocycles. The van der Waals surface area contributed by atoms with E-state index in [1.54, 1.807) is 0 Å². The third-order valence-electron chi connectivity index (χ3n) is 6.87. The van der Waals surface area contributed by atoms with Crippen LogP contribution in [0.1, 0.15) is 25.7 Å². The highest BCUT2D eigenvalue weighted by Gasteiger charge is 2.40. The lowest BCUT2D eigenvalue weighted by atomic mass is 9.96. The van der Waals surface area contributed by atoms with E-state index in [-0.39, 0.29) is 0 Å². The molecular formula is C21H28N4. The van der Waals surface area contributed by atoms with Crippen LogP contribution in [-0.2, 0) is 0 Å². The van der Waals surface area contributed by atoms with E-state index in [0.29, 0.717) is 0 Å². The Hall–Kier alpha value is -1.65. The molecule has 132 valence electrons. The third kappa shape index (κ3) is 2.72. The number of hydrogen-bond donors (Lipinski definition) is 0. The molecule has 3 aliphatic heterocycles. The van der Waals surface area contributed by atoms with Gasteiger partial charge in [0.2, 0.25) is 0 Å². The quantitative estimate of drug-likeness (QED) is 0.841. The first-order valence-electron chi connectivity index (χ1n) is 9.84. The highest BCUT2D eigenvalue weighted by atomic mass is 15.3. The summed E-state index contributed by atoms with van der Waals surface area (Å²) in [7, 11) is 2.34. The second-order valence-electron chi connectivity index (χ2n) is 8.05. The van der Waals surface area contributed by atoms with E-state index in [1.165, 1.54) is 49.8 Å². The summed E-state index contributed by atoms with van der Waals surface area (Å²) in [5.74, 6) is 0. The van der Waals surface area contributed by atoms with E-state index in [9.17, 15) is 0 Å². The summed E-state index contributed by atoms with van der Waals surface area (Å²) in [6, 6.07) is 13.2. The molecule has 4 heterocycles. The molecule has 0 radical (unpaired) electrons. The van der Waals surface area contributed by atoms with Gasteiger partial charge in [0.15, 0.2) is 0 Å². The number of para-hydroxylation sites is 1. The molecule has 3 fully saturated rings. The summed E-state index contributed by atoms with van der Waals surface area (Å²) < 4.78 is 0. The minimum atomic E-state index is 0.810. The van der Waals surface area contributed by atoms with Crippen molar-refractivity contribution in [3.8, 4) is 0 Å². The lowest BCUT2D eigenvalue weighted by Crippen LogP contribution is -2.55. The minimum absolute atomic E-state index is 0.810. The average molecular weight is 336 g/mol. The van der Waals surface area contributed by atoms with Gasteiger partial charge in [0, 0.05) is 61.6 Å². The molecule has 1 aromatic carbocycles. The molecular weight excluding hydrogens is 308 g/mol. The second kappa shape index (κ2) is 6.26. The van der Waals surface area contributed by atoms with Crippen molar-refractivity contribution in [1.29, 1.82) is 0 Å². The van der Waals surface area contributed by atoms with Crippen LogP contribution in [0.4, 0.5) is 5.69 Å². The van der Waals surface area contributed by atoms with Crippen LogP contribution in [0.15, 0.2) is 36.5 Å². The Balaban J connectivity index is 1.29. The fourth-order valence-corrected chi connectivity index (χ4v) is 5.37. The molecule has 0 saturated carbocycles. The van der Waals surface area contributed by atoms with Crippen molar-refractivity contribution in [2.45, 2.75) is 43.8 Å². The topological polar surface area (TPSA) is 22.6 Å². The summed E-state index contributed by atoms with van der Waals surface area (Å²) in [6.07, 6.45) is 7.55. The van der Waals surface area contributed by atoms with E-state index in [2.05, 4.69) is 57.1 Å². The van der Waals surface area contributed by atoms with Crippen LogP contribution in [-0.4, -0.2) is 66.1 Å². The first kappa shape index (κ1) is 15.6. The number of benzene rings is 1. The Labute approximate surface area is 150 Å². The molecule has 2 atom stereocenters. The third-order valence-corrected chi connectivity index (χ3v) is 6.87. The fourth-order valence-electron chi connectivity index (χ4n) is 5.37. The predicted molar refractivity (Wildman–Crippen MR) is 103 cm³/mol. The maximum Gasteiger partial charge on any atom is 0.0722 e. The Morgan fingerprint density at radius 3 is 2.36 bits per heavy atom. The summed E-state index contributed by atoms with van der Waals surface area (Å²) in [4.78, 5) is 12.5. The predicted octanol–water partition coefficient (Wildman–Crippen LogP) is 2.98. The highest BCUT2D eigenvalue weighted by molar-refractivity contribution is 5.91. The normalized spacial score (nSPS) is 30.9. The molecule has 2 bridgehead atoms. The Morgan fingerprint density at radius 2 is 1.60 bits per heavy atom. The molecule has 0 N–H and O–H groups in total. The van der Waals surface area contributed by atoms with Gasteiger partial charge in [-0.1, -0.05) is 18.2 Å². The van der Waals surface area contributed by atoms with Crippen molar-refractivity contribution >= 4 is 16.6 Å². The SMILES string of the molecule is CN1C2CCC1CC(N1CCN(c3ccnc4ccccc34)CC1)C2. The number of aromatic nitrogens is 1. The molecule has 0 spiro atoms. The molecule has 0 amide bonds. The van der Waals surface area contributed by atoms with E-state index < -0.39 is 0 Å². The van der Waals surface area contributed by atoms with E-state index in [0.717, 1.165) is 36.7 Å². The lowest BCUT2D eigenvalue weighted by molar-refractivity contribution is 0.0719. The zero-order valence-corrected chi connectivity index (χ0v) is 15.1. The molecule has 2 aromatic rings. The molecule has 2 unspecified atom stereocenters. The molecule has 4 nitrogen and oxygen atoms in total. The minimum Gasteiger partial charge on any atom is -0.368 e. The van der Waals surface area contributed by atoms with Crippen LogP contribution in [0.3, 0.4) is 0 Å². The maximum atomic E-state index is 4.51. The molecule has 0 aliphatic carbocycles. The van der Waals surface area contributed by atoms with E-state index >= 15 is 0 Å². The number of rotatable bonds is 2. The Bertz CT molecular complexity index is 733. The van der Waals surface area contributed by atoms with Gasteiger partial charge in [0.05, 0.1) is 5.52 Å². The fraction of sp³-hybridized carbons (Fsp3) is 0.571. The second-order valence-corrected chi connectivity index (χ2v) is 8.05. The Kier molecular flexibility index (Phi) is 3.90. The number of piperidine rings is 1. The lowest BCUT2D eigenvalue weighted by Gasteiger charge is -2.45. The van der Waals surface area contributed by atoms with Crippen molar-refractivity contribution in [1.82, 2.24) is 14.8 Å². The van der Waals surface area contributed by atoms with Gasteiger partial charge in [-0.3, -0.25) is 9.88 Å². The summed E-state index contributed by atoms with van der Waals surface area (Å²) in [6.45, 7) is 4.67. The molecule has 3 saturated heterocycles. The van der Waals surface area contributed by atoms with Crippen LogP contribution in [0.2, 0.25) is 0 Å². The zero-order chi connectivity index (χ0) is 16.8. The number of fused-ring (bicyclic) bond motifs is 3. The van der Waals surface area contributed by atoms with Gasteiger partial charge in [-0.2, -0.15) is 0 Å². The van der Waals surface area contributed by atoms with Crippen molar-refractivity contribution in [2.24, 2.45) is 0 Å². The summed E-state index contributed by atoms with van der Waals surface area (Å²) >= 11 is 0. The van der Waals surface area contributed by atoms with Crippen molar-refractivity contribution in [3.63, 3.8) is 0 Å². The first-order chi connectivity index (χ1) is 12.3. The van der Waals surface area contributed by atoms with E-state index in [4.69, 9.17) is 0 Å². The van der Waals surface area contributed by atoms with Crippen molar-refractivity contribution < 1.29 is 0 Å². The molecule has 3 aliphatic rings. The van der Waals surface area contributed by atoms with Crippen LogP contribution >= 0.6 is 0 Å². The number of piperazine rings is 1. The number of pyridine rings is 1. The molecule has 25 heavy (non-hydrogen) atoms. The maximum absolute atomic E-state index is 4.51. The smallest absolute Gasteiger partial charge is 0.0722 e. The zero-order valence-electron chi connectivity index (χ0n) is 15.1. The van der Waals surface area contributed by atoms with Gasteiger partial charge < -0.3 is 9.80 Å². The van der Waals surface area contributed by atoms with Crippen LogP contribution in [0.5, 0.6) is 0 Å². The van der Waals surface area contributed by atoms with Gasteiger partial charge in [-0.15, -0.1) is 0 Å². The Morgan fingerprint density at radius 1 is 0.880 bits per heavy atom. The highest BCUT2D eigenvalue weighted by Crippen LogP contribution is 2.37. The van der Waals surface area contributed by atoms with Gasteiger partial charge >= 0.3 is 0 Å². The van der Waals surface area contributed by atoms with Crippen molar-refractivity contribution in [3.05, 3.63) is 36.5 Å². The van der Waals surface area contributed by atoms with Crippen LogP contribution in [0, 0.1) is 0 Å². The summed E-state index contributed by atoms with van der Waals surface area (Å²) in [5, 5.41) is 1.29. The number of anilines is 1. The van der Waals surface area contributed by atoms with Crippen molar-refractivity contribution in [2.75, 3.05) is 38.1 Å². The molecule has 5 rings (SSSR count). The summed E-state index contributed by atoms with van der Waals surface area (Å²) in [5.41, 5.74) is 2.46. The van der Waals surface area contributed by atoms with Gasteiger partial charge in [0.25, 0.3) is 0 Å². The van der Waals surface area contributed by atoms with Crippen LogP contribution < -0.4 is 4.90 Å². The monoisotopic (exact) mass is 336 g/mol. The van der Waals surface area contributed by atoms with Crippen LogP contribution in [0.25, 0.3) is 10.9 Å². The van der Waals surface area contributed by atoms with Gasteiger partial charge in [-0.05, 0) is 44.9 Å². The van der Waals surface area contributed by atoms with Gasteiger partial charge in [-0.25, -0.2) is 0 Å². The standard InChI is InChI=1S/C21H28N4/c1-23-16-6-7-17(23)15-18(14-16)24-10-12-25(13-11-24)21-8-9-22-20-5-3-2-4-19(20)21/h2-5,8-9,16-18H,6-7,10-15H2,1H3. The van der Waals surface area contributed by atoms with E-state index in [1.807, 2.05) is 6.20 Å².